The van der Waals surface area contributed by atoms with E-state index in [9.17, 15) is 9.18 Å². The van der Waals surface area contributed by atoms with Crippen LogP contribution in [0.15, 0.2) is 67.0 Å². The summed E-state index contributed by atoms with van der Waals surface area (Å²) in [5, 5.41) is 5.16. The molecular weight excluding hydrogens is 423 g/mol. The highest BCUT2D eigenvalue weighted by Gasteiger charge is 2.14. The number of amides is 1. The minimum absolute atomic E-state index is 0.272. The van der Waals surface area contributed by atoms with Crippen LogP contribution in [0.5, 0.6) is 5.75 Å². The predicted molar refractivity (Wildman–Crippen MR) is 124 cm³/mol. The topological polar surface area (TPSA) is 76.6 Å². The third-order valence-corrected chi connectivity index (χ3v) is 5.16. The van der Waals surface area contributed by atoms with E-state index in [0.717, 1.165) is 21.9 Å². The van der Waals surface area contributed by atoms with Gasteiger partial charge >= 0.3 is 0 Å². The number of hydrogen-bond acceptors (Lipinski definition) is 6. The van der Waals surface area contributed by atoms with Crippen molar-refractivity contribution in [1.82, 2.24) is 15.0 Å². The molecule has 8 heteroatoms. The van der Waals surface area contributed by atoms with Crippen molar-refractivity contribution in [2.24, 2.45) is 0 Å². The Balaban J connectivity index is 1.55. The molecule has 4 rings (SSSR count). The van der Waals surface area contributed by atoms with Crippen LogP contribution < -0.4 is 10.1 Å². The lowest BCUT2D eigenvalue weighted by Crippen LogP contribution is -2.25. The maximum Gasteiger partial charge on any atom is 0.277 e. The van der Waals surface area contributed by atoms with Crippen molar-refractivity contribution in [2.75, 3.05) is 19.5 Å². The van der Waals surface area contributed by atoms with Crippen molar-refractivity contribution in [1.29, 1.82) is 0 Å². The van der Waals surface area contributed by atoms with Gasteiger partial charge in [-0.25, -0.2) is 19.4 Å². The van der Waals surface area contributed by atoms with Crippen LogP contribution in [0.4, 0.5) is 15.9 Å². The van der Waals surface area contributed by atoms with Gasteiger partial charge in [0.25, 0.3) is 5.91 Å². The molecule has 1 aromatic heterocycles. The second-order valence-corrected chi connectivity index (χ2v) is 7.46. The Hall–Kier alpha value is -4.04. The van der Waals surface area contributed by atoms with E-state index in [2.05, 4.69) is 15.3 Å². The Kier molecular flexibility index (Phi) is 6.46. The molecule has 0 spiro atoms. The van der Waals surface area contributed by atoms with Crippen molar-refractivity contribution in [3.05, 3.63) is 89.5 Å². The number of fused-ring (bicyclic) bond motifs is 1. The Morgan fingerprint density at radius 1 is 1.09 bits per heavy atom. The van der Waals surface area contributed by atoms with E-state index in [1.54, 1.807) is 31.3 Å². The van der Waals surface area contributed by atoms with Crippen LogP contribution in [-0.4, -0.2) is 35.1 Å². The van der Waals surface area contributed by atoms with Gasteiger partial charge in [0, 0.05) is 23.7 Å². The third-order valence-electron chi connectivity index (χ3n) is 5.16. The first kappa shape index (κ1) is 22.2. The molecule has 0 aliphatic rings. The van der Waals surface area contributed by atoms with Gasteiger partial charge in [0.05, 0.1) is 12.6 Å². The average Bonchev–Trinajstić information content (AvgIpc) is 2.82. The number of halogens is 1. The second kappa shape index (κ2) is 9.62. The van der Waals surface area contributed by atoms with Crippen molar-refractivity contribution in [2.45, 2.75) is 13.5 Å². The zero-order valence-electron chi connectivity index (χ0n) is 18.5. The first-order valence-electron chi connectivity index (χ1n) is 10.3. The van der Waals surface area contributed by atoms with Gasteiger partial charge in [-0.3, -0.25) is 9.63 Å². The number of nitrogens with one attached hydrogen (secondary N) is 1. The van der Waals surface area contributed by atoms with E-state index >= 15 is 0 Å². The molecule has 4 aromatic rings. The number of carbonyl (C=O) groups is 1. The van der Waals surface area contributed by atoms with Crippen LogP contribution >= 0.6 is 0 Å². The maximum absolute atomic E-state index is 13.4. The minimum atomic E-state index is -0.289. The fourth-order valence-electron chi connectivity index (χ4n) is 3.37. The summed E-state index contributed by atoms with van der Waals surface area (Å²) in [6.45, 7) is 2.20. The number of ether oxygens (including phenoxy) is 1. The highest BCUT2D eigenvalue weighted by atomic mass is 19.1. The van der Waals surface area contributed by atoms with E-state index < -0.39 is 0 Å². The highest BCUT2D eigenvalue weighted by molar-refractivity contribution is 6.00. The Morgan fingerprint density at radius 2 is 1.94 bits per heavy atom. The van der Waals surface area contributed by atoms with Crippen LogP contribution in [-0.2, 0) is 11.4 Å². The van der Waals surface area contributed by atoms with Gasteiger partial charge in [0.1, 0.15) is 30.3 Å². The van der Waals surface area contributed by atoms with Gasteiger partial charge in [-0.05, 0) is 66.6 Å². The Labute approximate surface area is 190 Å². The van der Waals surface area contributed by atoms with Crippen LogP contribution in [0.1, 0.15) is 21.5 Å². The molecule has 0 unspecified atom stereocenters. The van der Waals surface area contributed by atoms with E-state index in [4.69, 9.17) is 9.57 Å². The van der Waals surface area contributed by atoms with Crippen LogP contribution in [0, 0.1) is 12.7 Å². The average molecular weight is 446 g/mol. The summed E-state index contributed by atoms with van der Waals surface area (Å²) in [5.41, 5.74) is 3.63. The molecule has 0 fully saturated rings. The number of aromatic nitrogens is 2. The van der Waals surface area contributed by atoms with Crippen LogP contribution in [0.2, 0.25) is 0 Å². The smallest absolute Gasteiger partial charge is 0.277 e. The Bertz CT molecular complexity index is 1310. The van der Waals surface area contributed by atoms with Crippen molar-refractivity contribution < 1.29 is 18.8 Å². The summed E-state index contributed by atoms with van der Waals surface area (Å²) < 4.78 is 19.2. The van der Waals surface area contributed by atoms with E-state index in [1.807, 2.05) is 31.2 Å². The number of nitrogens with zero attached hydrogens (tertiary/aromatic N) is 3. The summed E-state index contributed by atoms with van der Waals surface area (Å²) in [6.07, 6.45) is 1.47. The minimum Gasteiger partial charge on any atom is -0.489 e. The molecular formula is C25H23FN4O3. The fourth-order valence-corrected chi connectivity index (χ4v) is 3.37. The highest BCUT2D eigenvalue weighted by Crippen LogP contribution is 2.28. The lowest BCUT2D eigenvalue weighted by Gasteiger charge is -2.15. The number of hydroxylamine groups is 2. The molecule has 0 bridgehead atoms. The van der Waals surface area contributed by atoms with E-state index in [-0.39, 0.29) is 18.3 Å². The summed E-state index contributed by atoms with van der Waals surface area (Å²) in [7, 11) is 2.98. The predicted octanol–water partition coefficient (Wildman–Crippen LogP) is 5.03. The molecule has 0 atom stereocenters. The lowest BCUT2D eigenvalue weighted by molar-refractivity contribution is -0.0756. The SMILES string of the molecule is CON(C)C(=O)c1ccc2ncnc(Nc3ccc(OCc4cccc(F)c4)c(C)c3)c2c1. The quantitative estimate of drug-likeness (QED) is 0.401. The molecule has 1 heterocycles. The van der Waals surface area contributed by atoms with E-state index in [1.165, 1.54) is 25.6 Å². The Morgan fingerprint density at radius 3 is 2.70 bits per heavy atom. The molecule has 1 N–H and O–H groups in total. The second-order valence-electron chi connectivity index (χ2n) is 7.46. The summed E-state index contributed by atoms with van der Waals surface area (Å²) >= 11 is 0. The molecule has 7 nitrogen and oxygen atoms in total. The monoisotopic (exact) mass is 446 g/mol. The third kappa shape index (κ3) is 5.07. The van der Waals surface area contributed by atoms with Gasteiger partial charge < -0.3 is 10.1 Å². The van der Waals surface area contributed by atoms with Gasteiger partial charge in [-0.15, -0.1) is 0 Å². The van der Waals surface area contributed by atoms with Crippen LogP contribution in [0.25, 0.3) is 10.9 Å². The van der Waals surface area contributed by atoms with Gasteiger partial charge in [0.2, 0.25) is 0 Å². The van der Waals surface area contributed by atoms with Crippen molar-refractivity contribution in [3.8, 4) is 5.75 Å². The summed E-state index contributed by atoms with van der Waals surface area (Å²) in [4.78, 5) is 26.1. The lowest BCUT2D eigenvalue weighted by atomic mass is 10.1. The summed E-state index contributed by atoms with van der Waals surface area (Å²) in [5.74, 6) is 0.711. The van der Waals surface area contributed by atoms with E-state index in [0.29, 0.717) is 28.0 Å². The fraction of sp³-hybridized carbons (Fsp3) is 0.160. The molecule has 168 valence electrons. The molecule has 33 heavy (non-hydrogen) atoms. The molecule has 0 aliphatic carbocycles. The first-order valence-corrected chi connectivity index (χ1v) is 10.3. The maximum atomic E-state index is 13.4. The van der Waals surface area contributed by atoms with Gasteiger partial charge in [-0.1, -0.05) is 12.1 Å². The molecule has 0 radical (unpaired) electrons. The number of hydrogen-bond donors (Lipinski definition) is 1. The molecule has 3 aromatic carbocycles. The van der Waals surface area contributed by atoms with Crippen molar-refractivity contribution >= 4 is 28.3 Å². The number of rotatable bonds is 7. The largest absolute Gasteiger partial charge is 0.489 e. The molecule has 0 saturated carbocycles. The van der Waals surface area contributed by atoms with Crippen molar-refractivity contribution in [3.63, 3.8) is 0 Å². The zero-order valence-corrected chi connectivity index (χ0v) is 18.5. The van der Waals surface area contributed by atoms with Crippen LogP contribution in [0.3, 0.4) is 0 Å². The number of anilines is 2. The molecule has 1 amide bonds. The standard InChI is InChI=1S/C25H23FN4O3/c1-16-11-20(8-10-23(16)33-14-17-5-4-6-19(26)12-17)29-24-21-13-18(25(31)30(2)32-3)7-9-22(21)27-15-28-24/h4-13,15H,14H2,1-3H3,(H,27,28,29). The number of benzene rings is 3. The van der Waals surface area contributed by atoms with Gasteiger partial charge in [0.15, 0.2) is 0 Å². The number of aryl methyl sites for hydroxylation is 1. The summed E-state index contributed by atoms with van der Waals surface area (Å²) in [6, 6.07) is 17.2. The molecule has 0 saturated heterocycles. The van der Waals surface area contributed by atoms with Gasteiger partial charge in [-0.2, -0.15) is 0 Å². The molecule has 0 aliphatic heterocycles. The normalized spacial score (nSPS) is 10.8. The number of carbonyl (C=O) groups excluding carboxylic acids is 1. The first-order chi connectivity index (χ1) is 15.9. The zero-order chi connectivity index (χ0) is 23.4.